The molecule has 0 aromatic heterocycles. The Morgan fingerprint density at radius 1 is 1.40 bits per heavy atom. The van der Waals surface area contributed by atoms with Crippen LogP contribution < -0.4 is 0 Å². The van der Waals surface area contributed by atoms with Gasteiger partial charge in [0.2, 0.25) is 0 Å². The highest BCUT2D eigenvalue weighted by molar-refractivity contribution is 5.97. The maximum absolute atomic E-state index is 12.9. The maximum Gasteiger partial charge on any atom is 0.311 e. The standard InChI is InChI=1S/C13H14FNO5/c1-15(10-6-20-5-9(10)13(18)19)12(17)8-3-2-7(14)4-11(8)16/h2-4,9-10,16H,5-6H2,1H3,(H,18,19). The van der Waals surface area contributed by atoms with Crippen molar-refractivity contribution in [1.29, 1.82) is 0 Å². The second kappa shape index (κ2) is 5.46. The van der Waals surface area contributed by atoms with Crippen LogP contribution in [0.4, 0.5) is 4.39 Å². The largest absolute Gasteiger partial charge is 0.507 e. The van der Waals surface area contributed by atoms with E-state index in [0.29, 0.717) is 0 Å². The van der Waals surface area contributed by atoms with Crippen LogP contribution in [0.2, 0.25) is 0 Å². The van der Waals surface area contributed by atoms with Crippen LogP contribution in [0.5, 0.6) is 5.75 Å². The van der Waals surface area contributed by atoms with E-state index in [1.807, 2.05) is 0 Å². The Bertz CT molecular complexity index is 548. The molecule has 0 aliphatic carbocycles. The molecule has 2 atom stereocenters. The van der Waals surface area contributed by atoms with Crippen LogP contribution in [-0.2, 0) is 9.53 Å². The summed E-state index contributed by atoms with van der Waals surface area (Å²) in [5.74, 6) is -3.58. The number of carbonyl (C=O) groups excluding carboxylic acids is 1. The van der Waals surface area contributed by atoms with E-state index in [9.17, 15) is 19.1 Å². The number of benzene rings is 1. The number of carboxylic acids is 1. The van der Waals surface area contributed by atoms with Crippen molar-refractivity contribution in [1.82, 2.24) is 4.90 Å². The van der Waals surface area contributed by atoms with Crippen molar-refractivity contribution in [3.63, 3.8) is 0 Å². The van der Waals surface area contributed by atoms with E-state index < -0.39 is 35.4 Å². The minimum absolute atomic E-state index is 0.0347. The Labute approximate surface area is 114 Å². The molecule has 108 valence electrons. The van der Waals surface area contributed by atoms with Gasteiger partial charge in [-0.3, -0.25) is 9.59 Å². The lowest BCUT2D eigenvalue weighted by molar-refractivity contribution is -0.142. The lowest BCUT2D eigenvalue weighted by Gasteiger charge is -2.26. The minimum Gasteiger partial charge on any atom is -0.507 e. The molecule has 6 nitrogen and oxygen atoms in total. The molecule has 7 heteroatoms. The number of halogens is 1. The highest BCUT2D eigenvalue weighted by atomic mass is 19.1. The van der Waals surface area contributed by atoms with Gasteiger partial charge in [-0.25, -0.2) is 4.39 Å². The average Bonchev–Trinajstić information content (AvgIpc) is 2.86. The summed E-state index contributed by atoms with van der Waals surface area (Å²) in [6, 6.07) is 2.43. The molecule has 2 N–H and O–H groups in total. The van der Waals surface area contributed by atoms with E-state index in [1.54, 1.807) is 0 Å². The molecule has 2 rings (SSSR count). The zero-order chi connectivity index (χ0) is 14.9. The lowest BCUT2D eigenvalue weighted by Crippen LogP contribution is -2.44. The van der Waals surface area contributed by atoms with E-state index in [0.717, 1.165) is 18.2 Å². The zero-order valence-electron chi connectivity index (χ0n) is 10.7. The van der Waals surface area contributed by atoms with Gasteiger partial charge in [0.1, 0.15) is 17.5 Å². The lowest BCUT2D eigenvalue weighted by atomic mass is 10.0. The fraction of sp³-hybridized carbons (Fsp3) is 0.385. The van der Waals surface area contributed by atoms with Crippen molar-refractivity contribution in [2.75, 3.05) is 20.3 Å². The molecule has 1 heterocycles. The third-order valence-corrected chi connectivity index (χ3v) is 3.38. The molecule has 0 saturated carbocycles. The van der Waals surface area contributed by atoms with Gasteiger partial charge in [0.05, 0.1) is 24.8 Å². The molecule has 1 aromatic rings. The van der Waals surface area contributed by atoms with Crippen LogP contribution >= 0.6 is 0 Å². The van der Waals surface area contributed by atoms with E-state index in [4.69, 9.17) is 9.84 Å². The highest BCUT2D eigenvalue weighted by Crippen LogP contribution is 2.24. The van der Waals surface area contributed by atoms with Gasteiger partial charge in [0.15, 0.2) is 0 Å². The van der Waals surface area contributed by atoms with Crippen molar-refractivity contribution in [2.24, 2.45) is 5.92 Å². The van der Waals surface area contributed by atoms with Gasteiger partial charge in [0.25, 0.3) is 5.91 Å². The summed E-state index contributed by atoms with van der Waals surface area (Å²) < 4.78 is 18.0. The van der Waals surface area contributed by atoms with Crippen LogP contribution in [-0.4, -0.2) is 53.3 Å². The Kier molecular flexibility index (Phi) is 3.89. The summed E-state index contributed by atoms with van der Waals surface area (Å²) in [6.07, 6.45) is 0. The Morgan fingerprint density at radius 3 is 2.70 bits per heavy atom. The fourth-order valence-electron chi connectivity index (χ4n) is 2.19. The molecule has 1 aliphatic heterocycles. The summed E-state index contributed by atoms with van der Waals surface area (Å²) in [5, 5.41) is 18.7. The third kappa shape index (κ3) is 2.57. The zero-order valence-corrected chi connectivity index (χ0v) is 10.7. The maximum atomic E-state index is 12.9. The molecule has 0 radical (unpaired) electrons. The van der Waals surface area contributed by atoms with Crippen molar-refractivity contribution in [3.8, 4) is 5.75 Å². The topological polar surface area (TPSA) is 87.1 Å². The van der Waals surface area contributed by atoms with Gasteiger partial charge >= 0.3 is 5.97 Å². The molecule has 1 saturated heterocycles. The fourth-order valence-corrected chi connectivity index (χ4v) is 2.19. The molecular formula is C13H14FNO5. The number of rotatable bonds is 3. The highest BCUT2D eigenvalue weighted by Gasteiger charge is 2.39. The number of aromatic hydroxyl groups is 1. The third-order valence-electron chi connectivity index (χ3n) is 3.38. The second-order valence-corrected chi connectivity index (χ2v) is 4.63. The molecule has 20 heavy (non-hydrogen) atoms. The summed E-state index contributed by atoms with van der Waals surface area (Å²) >= 11 is 0. The van der Waals surface area contributed by atoms with Gasteiger partial charge in [0, 0.05) is 13.1 Å². The number of phenolic OH excluding ortho intramolecular Hbond substituents is 1. The predicted molar refractivity (Wildman–Crippen MR) is 65.9 cm³/mol. The molecule has 0 spiro atoms. The summed E-state index contributed by atoms with van der Waals surface area (Å²) in [7, 11) is 1.43. The number of hydrogen-bond donors (Lipinski definition) is 2. The number of hydrogen-bond acceptors (Lipinski definition) is 4. The first-order valence-electron chi connectivity index (χ1n) is 5.98. The number of nitrogens with zero attached hydrogens (tertiary/aromatic N) is 1. The second-order valence-electron chi connectivity index (χ2n) is 4.63. The Balaban J connectivity index is 2.22. The van der Waals surface area contributed by atoms with E-state index >= 15 is 0 Å². The normalized spacial score (nSPS) is 21.7. The molecule has 0 bridgehead atoms. The first kappa shape index (κ1) is 14.3. The first-order chi connectivity index (χ1) is 9.41. The summed E-state index contributed by atoms with van der Waals surface area (Å²) in [5.41, 5.74) is -0.0788. The first-order valence-corrected chi connectivity index (χ1v) is 5.98. The summed E-state index contributed by atoms with van der Waals surface area (Å²) in [6.45, 7) is 0.147. The number of amides is 1. The van der Waals surface area contributed by atoms with Crippen LogP contribution in [0.3, 0.4) is 0 Å². The van der Waals surface area contributed by atoms with E-state index in [1.165, 1.54) is 11.9 Å². The SMILES string of the molecule is CN(C(=O)c1ccc(F)cc1O)C1COCC1C(=O)O. The summed E-state index contributed by atoms with van der Waals surface area (Å²) in [4.78, 5) is 24.5. The smallest absolute Gasteiger partial charge is 0.311 e. The van der Waals surface area contributed by atoms with Gasteiger partial charge in [-0.2, -0.15) is 0 Å². The van der Waals surface area contributed by atoms with Gasteiger partial charge in [-0.15, -0.1) is 0 Å². The molecule has 1 aromatic carbocycles. The number of carboxylic acid groups (broad SMARTS) is 1. The van der Waals surface area contributed by atoms with Gasteiger partial charge < -0.3 is 19.8 Å². The quantitative estimate of drug-likeness (QED) is 0.852. The minimum atomic E-state index is -1.05. The van der Waals surface area contributed by atoms with E-state index in [-0.39, 0.29) is 18.8 Å². The molecule has 2 unspecified atom stereocenters. The number of ether oxygens (including phenoxy) is 1. The van der Waals surface area contributed by atoms with Crippen LogP contribution in [0.25, 0.3) is 0 Å². The van der Waals surface area contributed by atoms with Gasteiger partial charge in [-0.05, 0) is 12.1 Å². The van der Waals surface area contributed by atoms with Crippen LogP contribution in [0.1, 0.15) is 10.4 Å². The van der Waals surface area contributed by atoms with Crippen molar-refractivity contribution >= 4 is 11.9 Å². The number of aliphatic carboxylic acids is 1. The van der Waals surface area contributed by atoms with Crippen LogP contribution in [0.15, 0.2) is 18.2 Å². The monoisotopic (exact) mass is 283 g/mol. The predicted octanol–water partition coefficient (Wildman–Crippen LogP) is 0.703. The van der Waals surface area contributed by atoms with Gasteiger partial charge in [-0.1, -0.05) is 0 Å². The molecule has 1 amide bonds. The Morgan fingerprint density at radius 2 is 2.10 bits per heavy atom. The molecule has 1 aliphatic rings. The van der Waals surface area contributed by atoms with E-state index in [2.05, 4.69) is 0 Å². The number of carbonyl (C=O) groups is 2. The molecule has 1 fully saturated rings. The number of phenols is 1. The van der Waals surface area contributed by atoms with Crippen molar-refractivity contribution < 1.29 is 28.9 Å². The van der Waals surface area contributed by atoms with Crippen molar-refractivity contribution in [3.05, 3.63) is 29.6 Å². The Hall–Kier alpha value is -2.15. The number of likely N-dealkylation sites (N-methyl/N-ethyl adjacent to an activating group) is 1. The average molecular weight is 283 g/mol. The molecular weight excluding hydrogens is 269 g/mol. The van der Waals surface area contributed by atoms with Crippen LogP contribution in [0, 0.1) is 11.7 Å². The van der Waals surface area contributed by atoms with Crippen molar-refractivity contribution in [2.45, 2.75) is 6.04 Å².